The van der Waals surface area contributed by atoms with E-state index in [-0.39, 0.29) is 31.1 Å². The fourth-order valence-electron chi connectivity index (χ4n) is 5.13. The summed E-state index contributed by atoms with van der Waals surface area (Å²) in [5.41, 5.74) is 1.17. The first kappa shape index (κ1) is 25.1. The molecule has 3 aliphatic rings. The maximum Gasteiger partial charge on any atom is 0.288 e. The Morgan fingerprint density at radius 3 is 2.75 bits per heavy atom. The van der Waals surface area contributed by atoms with Crippen molar-refractivity contribution in [1.82, 2.24) is 9.80 Å². The molecule has 1 fully saturated rings. The van der Waals surface area contributed by atoms with Crippen LogP contribution in [0.5, 0.6) is 11.5 Å². The van der Waals surface area contributed by atoms with E-state index < -0.39 is 6.29 Å². The summed E-state index contributed by atoms with van der Waals surface area (Å²) in [6, 6.07) is 10.2. The largest absolute Gasteiger partial charge is 0.459 e. The Morgan fingerprint density at radius 1 is 1.17 bits per heavy atom. The molecule has 8 nitrogen and oxygen atoms in total. The van der Waals surface area contributed by atoms with Crippen molar-refractivity contribution in [2.45, 2.75) is 38.5 Å². The smallest absolute Gasteiger partial charge is 0.288 e. The van der Waals surface area contributed by atoms with Crippen LogP contribution in [0.15, 0.2) is 47.5 Å². The number of hydrogen-bond donors (Lipinski definition) is 1. The Bertz CT molecular complexity index is 1050. The highest BCUT2D eigenvalue weighted by molar-refractivity contribution is 7.10. The number of carbonyl (C=O) groups excluding carboxylic acids is 1. The molecule has 1 saturated heterocycles. The lowest BCUT2D eigenvalue weighted by Crippen LogP contribution is -2.49. The standard InChI is InChI=1S/C27H34N2O6S/c1-2-32-27-20(5-3-13-30)21(25-6-4-14-36-25)16-24(35-27)26(31)29-11-9-28(10-12-29)17-19-7-8-22-23(15-19)34-18-33-22/h4,6-8,14-16,20-21,27,30H,2-3,5,9-13,17-18H2,1H3/t20-,21+,27-/m1/s1. The van der Waals surface area contributed by atoms with Crippen molar-refractivity contribution in [3.8, 4) is 11.5 Å². The fourth-order valence-corrected chi connectivity index (χ4v) is 6.00. The summed E-state index contributed by atoms with van der Waals surface area (Å²) in [5.74, 6) is 1.95. The molecule has 0 unspecified atom stereocenters. The minimum atomic E-state index is -0.509. The van der Waals surface area contributed by atoms with Gasteiger partial charge in [-0.3, -0.25) is 9.69 Å². The lowest BCUT2D eigenvalue weighted by molar-refractivity contribution is -0.170. The molecular weight excluding hydrogens is 480 g/mol. The van der Waals surface area contributed by atoms with Gasteiger partial charge in [0.1, 0.15) is 0 Å². The lowest BCUT2D eigenvalue weighted by Gasteiger charge is -2.39. The van der Waals surface area contributed by atoms with E-state index in [0.29, 0.717) is 31.9 Å². The number of ether oxygens (including phenoxy) is 4. The molecule has 9 heteroatoms. The van der Waals surface area contributed by atoms with Gasteiger partial charge in [0.15, 0.2) is 17.3 Å². The number of benzene rings is 1. The van der Waals surface area contributed by atoms with Gasteiger partial charge in [0.05, 0.1) is 0 Å². The van der Waals surface area contributed by atoms with Crippen molar-refractivity contribution in [2.75, 3.05) is 46.2 Å². The molecule has 0 aliphatic carbocycles. The maximum atomic E-state index is 13.5. The number of aliphatic hydroxyl groups excluding tert-OH is 1. The zero-order valence-corrected chi connectivity index (χ0v) is 21.5. The second-order valence-electron chi connectivity index (χ2n) is 9.30. The van der Waals surface area contributed by atoms with Gasteiger partial charge in [-0.1, -0.05) is 12.1 Å². The van der Waals surface area contributed by atoms with Crippen molar-refractivity contribution in [3.63, 3.8) is 0 Å². The predicted octanol–water partition coefficient (Wildman–Crippen LogP) is 3.57. The third-order valence-electron chi connectivity index (χ3n) is 7.00. The van der Waals surface area contributed by atoms with E-state index >= 15 is 0 Å². The number of allylic oxidation sites excluding steroid dienone is 1. The van der Waals surface area contributed by atoms with E-state index in [2.05, 4.69) is 22.4 Å². The van der Waals surface area contributed by atoms with Crippen molar-refractivity contribution in [2.24, 2.45) is 5.92 Å². The van der Waals surface area contributed by atoms with Crippen LogP contribution in [0.1, 0.15) is 36.1 Å². The number of fused-ring (bicyclic) bond motifs is 1. The Balaban J connectivity index is 1.25. The van der Waals surface area contributed by atoms with Gasteiger partial charge in [0.25, 0.3) is 5.91 Å². The number of rotatable bonds is 9. The first-order valence-corrected chi connectivity index (χ1v) is 13.6. The molecule has 1 aromatic heterocycles. The summed E-state index contributed by atoms with van der Waals surface area (Å²) in [5, 5.41) is 11.5. The zero-order valence-electron chi connectivity index (χ0n) is 20.6. The Hall–Kier alpha value is -2.59. The fraction of sp³-hybridized carbons (Fsp3) is 0.519. The van der Waals surface area contributed by atoms with E-state index in [4.69, 9.17) is 18.9 Å². The lowest BCUT2D eigenvalue weighted by atomic mass is 9.84. The van der Waals surface area contributed by atoms with E-state index in [1.54, 1.807) is 11.3 Å². The zero-order chi connectivity index (χ0) is 24.9. The molecule has 194 valence electrons. The minimum absolute atomic E-state index is 0.0214. The molecule has 3 aliphatic heterocycles. The summed E-state index contributed by atoms with van der Waals surface area (Å²) in [4.78, 5) is 18.9. The number of amides is 1. The highest BCUT2D eigenvalue weighted by atomic mass is 32.1. The molecule has 3 atom stereocenters. The number of thiophene rings is 1. The van der Waals surface area contributed by atoms with Crippen LogP contribution in [0.3, 0.4) is 0 Å². The van der Waals surface area contributed by atoms with Gasteiger partial charge in [0, 0.05) is 62.7 Å². The predicted molar refractivity (Wildman–Crippen MR) is 136 cm³/mol. The highest BCUT2D eigenvalue weighted by Crippen LogP contribution is 2.41. The Labute approximate surface area is 216 Å². The van der Waals surface area contributed by atoms with Gasteiger partial charge in [-0.05, 0) is 55.0 Å². The molecule has 1 amide bonds. The van der Waals surface area contributed by atoms with Crippen LogP contribution in [0.4, 0.5) is 0 Å². The second kappa shape index (κ2) is 11.6. The molecule has 1 N–H and O–H groups in total. The van der Waals surface area contributed by atoms with Crippen LogP contribution in [0.2, 0.25) is 0 Å². The van der Waals surface area contributed by atoms with E-state index in [9.17, 15) is 9.90 Å². The normalized spacial score (nSPS) is 23.9. The first-order chi connectivity index (χ1) is 17.7. The van der Waals surface area contributed by atoms with Crippen LogP contribution >= 0.6 is 11.3 Å². The van der Waals surface area contributed by atoms with Gasteiger partial charge >= 0.3 is 0 Å². The van der Waals surface area contributed by atoms with Crippen molar-refractivity contribution in [3.05, 3.63) is 58.0 Å². The summed E-state index contributed by atoms with van der Waals surface area (Å²) in [6.45, 7) is 6.49. The van der Waals surface area contributed by atoms with Crippen LogP contribution < -0.4 is 9.47 Å². The average Bonchev–Trinajstić information content (AvgIpc) is 3.60. The third kappa shape index (κ3) is 5.54. The third-order valence-corrected chi connectivity index (χ3v) is 7.97. The molecule has 1 aromatic carbocycles. The number of nitrogens with zero attached hydrogens (tertiary/aromatic N) is 2. The number of aliphatic hydroxyl groups is 1. The molecule has 0 spiro atoms. The van der Waals surface area contributed by atoms with Gasteiger partial charge in [0.2, 0.25) is 13.1 Å². The topological polar surface area (TPSA) is 80.7 Å². The van der Waals surface area contributed by atoms with E-state index in [1.165, 1.54) is 10.4 Å². The van der Waals surface area contributed by atoms with Gasteiger partial charge in [-0.15, -0.1) is 11.3 Å². The molecule has 36 heavy (non-hydrogen) atoms. The van der Waals surface area contributed by atoms with Crippen LogP contribution in [0, 0.1) is 5.92 Å². The van der Waals surface area contributed by atoms with Crippen LogP contribution in [-0.2, 0) is 20.8 Å². The van der Waals surface area contributed by atoms with Crippen LogP contribution in [0.25, 0.3) is 0 Å². The van der Waals surface area contributed by atoms with Gasteiger partial charge < -0.3 is 29.0 Å². The summed E-state index contributed by atoms with van der Waals surface area (Å²) in [6.07, 6.45) is 2.90. The monoisotopic (exact) mass is 514 g/mol. The molecule has 0 bridgehead atoms. The quantitative estimate of drug-likeness (QED) is 0.548. The minimum Gasteiger partial charge on any atom is -0.459 e. The van der Waals surface area contributed by atoms with Gasteiger partial charge in [-0.2, -0.15) is 0 Å². The number of hydrogen-bond acceptors (Lipinski definition) is 8. The molecule has 0 saturated carbocycles. The molecule has 0 radical (unpaired) electrons. The SMILES string of the molecule is CCO[C@@H]1OC(C(=O)N2CCN(Cc3ccc4c(c3)OCO4)CC2)=C[C@H](c2cccs2)[C@H]1CCCO. The van der Waals surface area contributed by atoms with E-state index in [0.717, 1.165) is 37.6 Å². The highest BCUT2D eigenvalue weighted by Gasteiger charge is 2.39. The van der Waals surface area contributed by atoms with E-state index in [1.807, 2.05) is 36.1 Å². The van der Waals surface area contributed by atoms with Crippen LogP contribution in [-0.4, -0.2) is 73.3 Å². The van der Waals surface area contributed by atoms with Crippen molar-refractivity contribution >= 4 is 17.2 Å². The molecule has 4 heterocycles. The van der Waals surface area contributed by atoms with Crippen molar-refractivity contribution < 1.29 is 28.8 Å². The summed E-state index contributed by atoms with van der Waals surface area (Å²) < 4.78 is 23.0. The molecule has 2 aromatic rings. The number of carbonyl (C=O) groups is 1. The summed E-state index contributed by atoms with van der Waals surface area (Å²) in [7, 11) is 0. The van der Waals surface area contributed by atoms with Crippen molar-refractivity contribution in [1.29, 1.82) is 0 Å². The average molecular weight is 515 g/mol. The Morgan fingerprint density at radius 2 is 2.00 bits per heavy atom. The Kier molecular flexibility index (Phi) is 8.11. The number of piperazine rings is 1. The second-order valence-corrected chi connectivity index (χ2v) is 10.3. The maximum absolute atomic E-state index is 13.5. The first-order valence-electron chi connectivity index (χ1n) is 12.7. The molecular formula is C27H34N2O6S. The molecule has 5 rings (SSSR count). The summed E-state index contributed by atoms with van der Waals surface area (Å²) >= 11 is 1.68. The van der Waals surface area contributed by atoms with Gasteiger partial charge in [-0.25, -0.2) is 0 Å².